The van der Waals surface area contributed by atoms with Crippen LogP contribution in [0.25, 0.3) is 0 Å². The van der Waals surface area contributed by atoms with Crippen molar-refractivity contribution in [2.45, 2.75) is 19.8 Å². The van der Waals surface area contributed by atoms with E-state index in [-0.39, 0.29) is 5.56 Å². The number of aromatic carboxylic acids is 1. The van der Waals surface area contributed by atoms with E-state index in [9.17, 15) is 4.79 Å². The lowest BCUT2D eigenvalue weighted by Crippen LogP contribution is -2.34. The number of hydrogen-bond donors (Lipinski definition) is 1. The summed E-state index contributed by atoms with van der Waals surface area (Å²) in [6, 6.07) is 3.03. The number of pyridine rings is 1. The number of hydrogen-bond acceptors (Lipinski definition) is 3. The van der Waals surface area contributed by atoms with Gasteiger partial charge >= 0.3 is 5.97 Å². The maximum Gasteiger partial charge on any atom is 0.339 e. The van der Waals surface area contributed by atoms with Crippen LogP contribution in [0, 0.1) is 5.92 Å². The first kappa shape index (κ1) is 12.2. The summed E-state index contributed by atoms with van der Waals surface area (Å²) in [5.74, 6) is 0.235. The molecule has 1 saturated heterocycles. The van der Waals surface area contributed by atoms with Gasteiger partial charge in [0.2, 0.25) is 0 Å². The van der Waals surface area contributed by atoms with Crippen LogP contribution < -0.4 is 4.90 Å². The lowest BCUT2D eigenvalue weighted by molar-refractivity contribution is 0.0697. The number of nitrogens with zero attached hydrogens (tertiary/aromatic N) is 2. The SMILES string of the molecule is CC1CCN(c2nc(Cl)ccc2C(=O)O)CC1. The van der Waals surface area contributed by atoms with E-state index in [1.54, 1.807) is 0 Å². The molecule has 0 spiro atoms. The summed E-state index contributed by atoms with van der Waals surface area (Å²) in [6.07, 6.45) is 2.13. The van der Waals surface area contributed by atoms with Gasteiger partial charge in [0.05, 0.1) is 0 Å². The Balaban J connectivity index is 2.30. The van der Waals surface area contributed by atoms with E-state index in [4.69, 9.17) is 16.7 Å². The summed E-state index contributed by atoms with van der Waals surface area (Å²) in [6.45, 7) is 3.89. The average Bonchev–Trinajstić information content (AvgIpc) is 2.29. The van der Waals surface area contributed by atoms with Gasteiger partial charge in [-0.2, -0.15) is 0 Å². The Morgan fingerprint density at radius 2 is 2.12 bits per heavy atom. The Labute approximate surface area is 105 Å². The fourth-order valence-corrected chi connectivity index (χ4v) is 2.20. The van der Waals surface area contributed by atoms with Crippen LogP contribution in [-0.4, -0.2) is 29.1 Å². The monoisotopic (exact) mass is 254 g/mol. The van der Waals surface area contributed by atoms with Crippen molar-refractivity contribution < 1.29 is 9.90 Å². The molecule has 17 heavy (non-hydrogen) atoms. The van der Waals surface area contributed by atoms with Crippen molar-refractivity contribution in [3.63, 3.8) is 0 Å². The first-order chi connectivity index (χ1) is 8.08. The van der Waals surface area contributed by atoms with Gasteiger partial charge in [0.15, 0.2) is 0 Å². The Morgan fingerprint density at radius 1 is 1.47 bits per heavy atom. The van der Waals surface area contributed by atoms with Gasteiger partial charge in [0, 0.05) is 13.1 Å². The second-order valence-corrected chi connectivity index (χ2v) is 4.87. The van der Waals surface area contributed by atoms with Crippen molar-refractivity contribution >= 4 is 23.4 Å². The fraction of sp³-hybridized carbons (Fsp3) is 0.500. The number of carbonyl (C=O) groups is 1. The second-order valence-electron chi connectivity index (χ2n) is 4.48. The molecule has 1 aliphatic rings. The molecule has 0 radical (unpaired) electrons. The topological polar surface area (TPSA) is 53.4 Å². The zero-order valence-corrected chi connectivity index (χ0v) is 10.4. The van der Waals surface area contributed by atoms with Crippen molar-refractivity contribution in [1.29, 1.82) is 0 Å². The molecule has 1 fully saturated rings. The lowest BCUT2D eigenvalue weighted by atomic mass is 9.99. The largest absolute Gasteiger partial charge is 0.478 e. The highest BCUT2D eigenvalue weighted by Crippen LogP contribution is 2.26. The van der Waals surface area contributed by atoms with E-state index in [0.29, 0.717) is 16.9 Å². The minimum absolute atomic E-state index is 0.226. The molecule has 4 nitrogen and oxygen atoms in total. The highest BCUT2D eigenvalue weighted by atomic mass is 35.5. The van der Waals surface area contributed by atoms with Gasteiger partial charge in [0.25, 0.3) is 0 Å². The number of carboxylic acids is 1. The maximum atomic E-state index is 11.1. The zero-order chi connectivity index (χ0) is 12.4. The summed E-state index contributed by atoms with van der Waals surface area (Å²) in [5.41, 5.74) is 0.226. The molecule has 0 aromatic carbocycles. The molecule has 0 bridgehead atoms. The summed E-state index contributed by atoms with van der Waals surface area (Å²) < 4.78 is 0. The van der Waals surface area contributed by atoms with Crippen molar-refractivity contribution in [2.24, 2.45) is 5.92 Å². The van der Waals surface area contributed by atoms with Gasteiger partial charge in [-0.1, -0.05) is 18.5 Å². The molecule has 5 heteroatoms. The van der Waals surface area contributed by atoms with E-state index in [0.717, 1.165) is 25.9 Å². The quantitative estimate of drug-likeness (QED) is 0.825. The molecule has 0 amide bonds. The van der Waals surface area contributed by atoms with Crippen LogP contribution >= 0.6 is 11.6 Å². The summed E-state index contributed by atoms with van der Waals surface area (Å²) in [7, 11) is 0. The minimum Gasteiger partial charge on any atom is -0.478 e. The van der Waals surface area contributed by atoms with Gasteiger partial charge in [-0.3, -0.25) is 0 Å². The fourth-order valence-electron chi connectivity index (χ4n) is 2.05. The Bertz CT molecular complexity index is 429. The minimum atomic E-state index is -0.956. The first-order valence-corrected chi connectivity index (χ1v) is 6.10. The molecule has 0 aliphatic carbocycles. The molecule has 2 rings (SSSR count). The Kier molecular flexibility index (Phi) is 3.52. The van der Waals surface area contributed by atoms with Crippen LogP contribution in [0.5, 0.6) is 0 Å². The molecular formula is C12H15ClN2O2. The van der Waals surface area contributed by atoms with Gasteiger partial charge in [-0.15, -0.1) is 0 Å². The number of rotatable bonds is 2. The standard InChI is InChI=1S/C12H15ClN2O2/c1-8-4-6-15(7-5-8)11-9(12(16)17)2-3-10(13)14-11/h2-3,8H,4-7H2,1H3,(H,16,17). The normalized spacial score (nSPS) is 17.2. The van der Waals surface area contributed by atoms with E-state index >= 15 is 0 Å². The molecule has 1 aliphatic heterocycles. The van der Waals surface area contributed by atoms with E-state index < -0.39 is 5.97 Å². The number of carboxylic acid groups (broad SMARTS) is 1. The summed E-state index contributed by atoms with van der Waals surface area (Å²) in [5, 5.41) is 9.47. The van der Waals surface area contributed by atoms with Gasteiger partial charge in [0.1, 0.15) is 16.5 Å². The lowest BCUT2D eigenvalue weighted by Gasteiger charge is -2.31. The van der Waals surface area contributed by atoms with Crippen molar-refractivity contribution in [3.8, 4) is 0 Å². The number of piperidine rings is 1. The van der Waals surface area contributed by atoms with Crippen LogP contribution in [0.15, 0.2) is 12.1 Å². The highest BCUT2D eigenvalue weighted by molar-refractivity contribution is 6.29. The number of halogens is 1. The predicted octanol–water partition coefficient (Wildman–Crippen LogP) is 2.67. The van der Waals surface area contributed by atoms with Crippen LogP contribution in [0.4, 0.5) is 5.82 Å². The van der Waals surface area contributed by atoms with Gasteiger partial charge < -0.3 is 10.0 Å². The first-order valence-electron chi connectivity index (χ1n) is 5.72. The van der Waals surface area contributed by atoms with Gasteiger partial charge in [-0.05, 0) is 30.9 Å². The molecule has 0 atom stereocenters. The molecule has 1 aromatic heterocycles. The van der Waals surface area contributed by atoms with E-state index in [1.165, 1.54) is 12.1 Å². The van der Waals surface area contributed by atoms with Crippen molar-refractivity contribution in [3.05, 3.63) is 22.8 Å². The average molecular weight is 255 g/mol. The summed E-state index contributed by atoms with van der Waals surface area (Å²) >= 11 is 5.84. The van der Waals surface area contributed by atoms with Crippen LogP contribution in [0.3, 0.4) is 0 Å². The van der Waals surface area contributed by atoms with Gasteiger partial charge in [-0.25, -0.2) is 9.78 Å². The Hall–Kier alpha value is -1.29. The van der Waals surface area contributed by atoms with E-state index in [1.807, 2.05) is 4.90 Å². The Morgan fingerprint density at radius 3 is 2.71 bits per heavy atom. The molecule has 0 unspecified atom stereocenters. The number of aromatic nitrogens is 1. The molecule has 1 aromatic rings. The number of anilines is 1. The third-order valence-electron chi connectivity index (χ3n) is 3.15. The molecule has 2 heterocycles. The molecule has 92 valence electrons. The van der Waals surface area contributed by atoms with E-state index in [2.05, 4.69) is 11.9 Å². The smallest absolute Gasteiger partial charge is 0.339 e. The van der Waals surface area contributed by atoms with Crippen LogP contribution in [-0.2, 0) is 0 Å². The van der Waals surface area contributed by atoms with Crippen molar-refractivity contribution in [1.82, 2.24) is 4.98 Å². The third-order valence-corrected chi connectivity index (χ3v) is 3.37. The summed E-state index contributed by atoms with van der Waals surface area (Å²) in [4.78, 5) is 17.3. The maximum absolute atomic E-state index is 11.1. The second kappa shape index (κ2) is 4.92. The predicted molar refractivity (Wildman–Crippen MR) is 66.8 cm³/mol. The third kappa shape index (κ3) is 2.69. The zero-order valence-electron chi connectivity index (χ0n) is 9.69. The molecule has 1 N–H and O–H groups in total. The van der Waals surface area contributed by atoms with Crippen LogP contribution in [0.1, 0.15) is 30.1 Å². The molecule has 0 saturated carbocycles. The van der Waals surface area contributed by atoms with Crippen molar-refractivity contribution in [2.75, 3.05) is 18.0 Å². The highest BCUT2D eigenvalue weighted by Gasteiger charge is 2.22. The molecular weight excluding hydrogens is 240 g/mol. The van der Waals surface area contributed by atoms with Crippen LogP contribution in [0.2, 0.25) is 5.15 Å².